The van der Waals surface area contributed by atoms with E-state index in [1.807, 2.05) is 0 Å². The van der Waals surface area contributed by atoms with Crippen molar-refractivity contribution in [2.45, 2.75) is 5.41 Å². The number of hydrogen-bond donors (Lipinski definition) is 0. The molecule has 0 saturated carbocycles. The minimum absolute atomic E-state index is 0.491. The second kappa shape index (κ2) is 18.8. The van der Waals surface area contributed by atoms with Gasteiger partial charge in [-0.1, -0.05) is 249 Å². The smallest absolute Gasteiger partial charge is 0.0713 e. The average Bonchev–Trinajstić information content (AvgIpc) is 4.33. The third-order valence-electron chi connectivity index (χ3n) is 17.3. The van der Waals surface area contributed by atoms with Gasteiger partial charge in [-0.05, 0) is 156 Å². The van der Waals surface area contributed by atoms with Crippen molar-refractivity contribution in [3.8, 4) is 78.1 Å². The van der Waals surface area contributed by atoms with Crippen molar-refractivity contribution in [2.24, 2.45) is 0 Å². The predicted octanol–water partition coefficient (Wildman–Crippen LogP) is 20.6. The van der Waals surface area contributed by atoms with E-state index in [2.05, 4.69) is 325 Å². The molecule has 1 aliphatic rings. The van der Waals surface area contributed by atoms with Crippen LogP contribution in [0.25, 0.3) is 122 Å². The molecule has 15 aromatic rings. The Balaban J connectivity index is 0.712. The number of rotatable bonds is 9. The van der Waals surface area contributed by atoms with Crippen LogP contribution in [0.15, 0.2) is 315 Å². The minimum atomic E-state index is -0.491. The van der Waals surface area contributed by atoms with Crippen molar-refractivity contribution in [2.75, 3.05) is 0 Å². The molecular weight excluding hydrogens is 977 g/mol. The Labute approximate surface area is 471 Å². The van der Waals surface area contributed by atoms with Crippen molar-refractivity contribution < 1.29 is 0 Å². The Kier molecular flexibility index (Phi) is 10.8. The summed E-state index contributed by atoms with van der Waals surface area (Å²) in [6, 6.07) is 116. The minimum Gasteiger partial charge on any atom is -0.309 e. The first kappa shape index (κ1) is 46.5. The van der Waals surface area contributed by atoms with Crippen LogP contribution in [0.2, 0.25) is 0 Å². The molecule has 16 rings (SSSR count). The third kappa shape index (κ3) is 7.49. The van der Waals surface area contributed by atoms with Crippen molar-refractivity contribution >= 4 is 43.6 Å². The van der Waals surface area contributed by atoms with Crippen LogP contribution in [0.3, 0.4) is 0 Å². The molecular formula is C79H52N2. The fourth-order valence-corrected chi connectivity index (χ4v) is 13.5. The van der Waals surface area contributed by atoms with Gasteiger partial charge in [-0.15, -0.1) is 0 Å². The normalized spacial score (nSPS) is 12.5. The van der Waals surface area contributed by atoms with Crippen LogP contribution in [0.1, 0.15) is 22.3 Å². The zero-order valence-electron chi connectivity index (χ0n) is 44.4. The summed E-state index contributed by atoms with van der Waals surface area (Å²) in [4.78, 5) is 0. The van der Waals surface area contributed by atoms with Crippen LogP contribution in [-0.4, -0.2) is 9.13 Å². The lowest BCUT2D eigenvalue weighted by molar-refractivity contribution is 0.769. The highest BCUT2D eigenvalue weighted by Crippen LogP contribution is 2.56. The molecule has 2 heteroatoms. The number of para-hydroxylation sites is 2. The first-order valence-corrected chi connectivity index (χ1v) is 28.1. The molecule has 2 aromatic heterocycles. The van der Waals surface area contributed by atoms with Gasteiger partial charge in [0.15, 0.2) is 0 Å². The largest absolute Gasteiger partial charge is 0.309 e. The number of fused-ring (bicyclic) bond motifs is 9. The summed E-state index contributed by atoms with van der Waals surface area (Å²) in [6.07, 6.45) is 0. The maximum Gasteiger partial charge on any atom is 0.0713 e. The van der Waals surface area contributed by atoms with Gasteiger partial charge in [0, 0.05) is 32.9 Å². The van der Waals surface area contributed by atoms with E-state index in [1.165, 1.54) is 133 Å². The van der Waals surface area contributed by atoms with E-state index in [4.69, 9.17) is 0 Å². The van der Waals surface area contributed by atoms with Crippen LogP contribution in [0, 0.1) is 0 Å². The van der Waals surface area contributed by atoms with E-state index < -0.39 is 5.41 Å². The molecule has 2 heterocycles. The van der Waals surface area contributed by atoms with E-state index >= 15 is 0 Å². The Hall–Kier alpha value is -10.5. The molecule has 0 spiro atoms. The number of benzene rings is 13. The van der Waals surface area contributed by atoms with Crippen LogP contribution < -0.4 is 0 Å². The zero-order valence-corrected chi connectivity index (χ0v) is 44.4. The summed E-state index contributed by atoms with van der Waals surface area (Å²) in [5, 5.41) is 4.97. The molecule has 0 amide bonds. The van der Waals surface area contributed by atoms with Gasteiger partial charge < -0.3 is 9.13 Å². The van der Waals surface area contributed by atoms with Crippen LogP contribution in [0.5, 0.6) is 0 Å². The van der Waals surface area contributed by atoms with Gasteiger partial charge in [-0.2, -0.15) is 0 Å². The fraction of sp³-hybridized carbons (Fsp3) is 0.0127. The molecule has 2 nitrogen and oxygen atoms in total. The van der Waals surface area contributed by atoms with E-state index in [0.717, 1.165) is 11.4 Å². The zero-order chi connectivity index (χ0) is 53.4. The second-order valence-corrected chi connectivity index (χ2v) is 21.6. The Morgan fingerprint density at radius 3 is 1.01 bits per heavy atom. The van der Waals surface area contributed by atoms with Crippen LogP contribution in [0.4, 0.5) is 0 Å². The van der Waals surface area contributed by atoms with Gasteiger partial charge >= 0.3 is 0 Å². The van der Waals surface area contributed by atoms with E-state index in [1.54, 1.807) is 0 Å². The van der Waals surface area contributed by atoms with Gasteiger partial charge in [0.2, 0.25) is 0 Å². The molecule has 81 heavy (non-hydrogen) atoms. The molecule has 0 unspecified atom stereocenters. The molecule has 0 bridgehead atoms. The molecule has 0 atom stereocenters. The first-order valence-electron chi connectivity index (χ1n) is 28.1. The van der Waals surface area contributed by atoms with E-state index in [9.17, 15) is 0 Å². The SMILES string of the molecule is c1ccc(-c2ccc(-n3c4ccccc4c4cc(-c5ccc6c(c5)c5ccccc5n6-c5ccc(-c6ccc(-c7cccc(C8(c9ccc(-c%10ccccc%10)cc9)c9ccccc9-c9ccccc98)c7)cc6)cc5)ccc43)cc2)cc1. The van der Waals surface area contributed by atoms with Crippen molar-refractivity contribution in [3.63, 3.8) is 0 Å². The van der Waals surface area contributed by atoms with Gasteiger partial charge in [0.1, 0.15) is 0 Å². The van der Waals surface area contributed by atoms with Crippen molar-refractivity contribution in [3.05, 3.63) is 338 Å². The highest BCUT2D eigenvalue weighted by Gasteiger charge is 2.46. The summed E-state index contributed by atoms with van der Waals surface area (Å²) >= 11 is 0. The maximum absolute atomic E-state index is 2.42. The molecule has 0 N–H and O–H groups in total. The summed E-state index contributed by atoms with van der Waals surface area (Å²) in [5.74, 6) is 0. The van der Waals surface area contributed by atoms with Gasteiger partial charge in [0.25, 0.3) is 0 Å². The average molecular weight is 1030 g/mol. The predicted molar refractivity (Wildman–Crippen MR) is 340 cm³/mol. The summed E-state index contributed by atoms with van der Waals surface area (Å²) < 4.78 is 4.82. The fourth-order valence-electron chi connectivity index (χ4n) is 13.5. The monoisotopic (exact) mass is 1030 g/mol. The maximum atomic E-state index is 2.42. The molecule has 378 valence electrons. The van der Waals surface area contributed by atoms with E-state index in [0.29, 0.717) is 0 Å². The second-order valence-electron chi connectivity index (χ2n) is 21.6. The number of aromatic nitrogens is 2. The lowest BCUT2D eigenvalue weighted by Gasteiger charge is -2.34. The first-order chi connectivity index (χ1) is 40.2. The standard InChI is InChI=1S/C79H52N2/c1-3-16-53(17-4-1)56-34-42-63(43-35-56)79(73-26-11-7-22-67(73)68-23-8-12-27-74(68)79)64-21-15-20-60(50-64)59-32-30-55(31-33-59)58-38-46-66(47-39-58)81-76-29-14-10-25-70(76)72-52-62(41-49-78(72)81)61-40-48-77-71(51-61)69-24-9-13-28-75(69)80(77)65-44-36-57(37-45-65)54-18-5-2-6-19-54/h1-52H. The lowest BCUT2D eigenvalue weighted by atomic mass is 9.67. The highest BCUT2D eigenvalue weighted by atomic mass is 15.0. The molecule has 0 saturated heterocycles. The van der Waals surface area contributed by atoms with Gasteiger partial charge in [-0.25, -0.2) is 0 Å². The molecule has 1 aliphatic carbocycles. The van der Waals surface area contributed by atoms with Gasteiger partial charge in [0.05, 0.1) is 27.5 Å². The molecule has 13 aromatic carbocycles. The topological polar surface area (TPSA) is 9.86 Å². The van der Waals surface area contributed by atoms with Gasteiger partial charge in [-0.3, -0.25) is 0 Å². The highest BCUT2D eigenvalue weighted by molar-refractivity contribution is 6.13. The Bertz CT molecular complexity index is 4820. The third-order valence-corrected chi connectivity index (χ3v) is 17.3. The molecule has 0 fully saturated rings. The van der Waals surface area contributed by atoms with Crippen LogP contribution >= 0.6 is 0 Å². The molecule has 0 aliphatic heterocycles. The summed E-state index contributed by atoms with van der Waals surface area (Å²) in [7, 11) is 0. The Morgan fingerprint density at radius 1 is 0.198 bits per heavy atom. The number of nitrogens with zero attached hydrogens (tertiary/aromatic N) is 2. The van der Waals surface area contributed by atoms with Crippen molar-refractivity contribution in [1.29, 1.82) is 0 Å². The Morgan fingerprint density at radius 2 is 0.531 bits per heavy atom. The van der Waals surface area contributed by atoms with Crippen molar-refractivity contribution in [1.82, 2.24) is 9.13 Å². The number of hydrogen-bond acceptors (Lipinski definition) is 0. The summed E-state index contributed by atoms with van der Waals surface area (Å²) in [6.45, 7) is 0. The quantitative estimate of drug-likeness (QED) is 0.136. The van der Waals surface area contributed by atoms with Crippen LogP contribution in [-0.2, 0) is 5.41 Å². The summed E-state index contributed by atoms with van der Waals surface area (Å²) in [5.41, 5.74) is 26.3. The molecule has 0 radical (unpaired) electrons. The van der Waals surface area contributed by atoms with E-state index in [-0.39, 0.29) is 0 Å². The lowest BCUT2D eigenvalue weighted by Crippen LogP contribution is -2.28.